The maximum atomic E-state index is 12.1. The highest BCUT2D eigenvalue weighted by atomic mass is 79.9. The van der Waals surface area contributed by atoms with Crippen molar-refractivity contribution < 1.29 is 4.79 Å². The fourth-order valence-electron chi connectivity index (χ4n) is 3.41. The maximum absolute atomic E-state index is 12.1. The Morgan fingerprint density at radius 3 is 3.15 bits per heavy atom. The summed E-state index contributed by atoms with van der Waals surface area (Å²) in [6.07, 6.45) is 2.21. The SMILES string of the molecule is CNC(=O)C1CNCCN1C1CCc2cc(Br)ccc21. The molecule has 2 unspecified atom stereocenters. The van der Waals surface area contributed by atoms with Crippen molar-refractivity contribution in [1.82, 2.24) is 15.5 Å². The third-order valence-electron chi connectivity index (χ3n) is 4.39. The lowest BCUT2D eigenvalue weighted by molar-refractivity contribution is -0.127. The van der Waals surface area contributed by atoms with E-state index in [9.17, 15) is 4.79 Å². The number of halogens is 1. The normalized spacial score (nSPS) is 26.3. The summed E-state index contributed by atoms with van der Waals surface area (Å²) < 4.78 is 1.14. The van der Waals surface area contributed by atoms with E-state index in [0.717, 1.165) is 36.9 Å². The highest BCUT2D eigenvalue weighted by molar-refractivity contribution is 9.10. The van der Waals surface area contributed by atoms with Gasteiger partial charge in [0.2, 0.25) is 5.91 Å². The Kier molecular flexibility index (Phi) is 4.10. The second-order valence-corrected chi connectivity index (χ2v) is 6.39. The van der Waals surface area contributed by atoms with Gasteiger partial charge < -0.3 is 10.6 Å². The van der Waals surface area contributed by atoms with Gasteiger partial charge in [0, 0.05) is 37.2 Å². The van der Waals surface area contributed by atoms with Crippen molar-refractivity contribution in [3.63, 3.8) is 0 Å². The standard InChI is InChI=1S/C15H20BrN3O/c1-17-15(20)14-9-18-6-7-19(14)13-5-2-10-8-11(16)3-4-12(10)13/h3-4,8,13-14,18H,2,5-7,9H2,1H3,(H,17,20). The minimum atomic E-state index is -0.0617. The molecular weight excluding hydrogens is 318 g/mol. The Hall–Kier alpha value is -0.910. The molecule has 108 valence electrons. The van der Waals surface area contributed by atoms with Crippen LogP contribution in [0.5, 0.6) is 0 Å². The summed E-state index contributed by atoms with van der Waals surface area (Å²) in [6.45, 7) is 2.62. The van der Waals surface area contributed by atoms with Crippen molar-refractivity contribution in [2.75, 3.05) is 26.7 Å². The number of nitrogens with zero attached hydrogens (tertiary/aromatic N) is 1. The molecule has 1 aromatic carbocycles. The number of hydrogen-bond donors (Lipinski definition) is 2. The van der Waals surface area contributed by atoms with E-state index in [-0.39, 0.29) is 11.9 Å². The molecule has 1 amide bonds. The first-order chi connectivity index (χ1) is 9.70. The molecule has 1 aromatic rings. The van der Waals surface area contributed by atoms with Gasteiger partial charge in [-0.15, -0.1) is 0 Å². The first-order valence-corrected chi connectivity index (χ1v) is 7.96. The molecule has 0 spiro atoms. The fraction of sp³-hybridized carbons (Fsp3) is 0.533. The van der Waals surface area contributed by atoms with Crippen molar-refractivity contribution in [2.45, 2.75) is 24.9 Å². The number of rotatable bonds is 2. The number of aryl methyl sites for hydroxylation is 1. The van der Waals surface area contributed by atoms with Gasteiger partial charge >= 0.3 is 0 Å². The lowest BCUT2D eigenvalue weighted by Crippen LogP contribution is -2.58. The summed E-state index contributed by atoms with van der Waals surface area (Å²) in [4.78, 5) is 14.5. The number of benzene rings is 1. The molecule has 5 heteroatoms. The topological polar surface area (TPSA) is 44.4 Å². The van der Waals surface area contributed by atoms with E-state index in [1.54, 1.807) is 7.05 Å². The summed E-state index contributed by atoms with van der Waals surface area (Å²) in [6, 6.07) is 6.84. The first-order valence-electron chi connectivity index (χ1n) is 7.17. The monoisotopic (exact) mass is 337 g/mol. The average molecular weight is 338 g/mol. The molecule has 1 heterocycles. The zero-order chi connectivity index (χ0) is 14.1. The molecular formula is C15H20BrN3O. The number of hydrogen-bond acceptors (Lipinski definition) is 3. The molecule has 0 aromatic heterocycles. The Bertz CT molecular complexity index is 520. The number of carbonyl (C=O) groups excluding carboxylic acids is 1. The van der Waals surface area contributed by atoms with E-state index >= 15 is 0 Å². The zero-order valence-electron chi connectivity index (χ0n) is 11.7. The number of fused-ring (bicyclic) bond motifs is 1. The predicted octanol–water partition coefficient (Wildman–Crippen LogP) is 1.46. The van der Waals surface area contributed by atoms with Crippen LogP contribution in [0.3, 0.4) is 0 Å². The second-order valence-electron chi connectivity index (χ2n) is 5.47. The maximum Gasteiger partial charge on any atom is 0.238 e. The smallest absolute Gasteiger partial charge is 0.238 e. The van der Waals surface area contributed by atoms with Gasteiger partial charge in [0.25, 0.3) is 0 Å². The van der Waals surface area contributed by atoms with Crippen LogP contribution in [0.15, 0.2) is 22.7 Å². The summed E-state index contributed by atoms with van der Waals surface area (Å²) in [5, 5.41) is 6.12. The summed E-state index contributed by atoms with van der Waals surface area (Å²) in [5.74, 6) is 0.114. The van der Waals surface area contributed by atoms with Crippen LogP contribution in [0.4, 0.5) is 0 Å². The van der Waals surface area contributed by atoms with Crippen LogP contribution >= 0.6 is 15.9 Å². The average Bonchev–Trinajstić information content (AvgIpc) is 2.89. The minimum Gasteiger partial charge on any atom is -0.358 e. The largest absolute Gasteiger partial charge is 0.358 e. The first kappa shape index (κ1) is 14.0. The number of likely N-dealkylation sites (N-methyl/N-ethyl adjacent to an activating group) is 1. The van der Waals surface area contributed by atoms with Crippen molar-refractivity contribution in [2.24, 2.45) is 0 Å². The quantitative estimate of drug-likeness (QED) is 0.858. The Labute approximate surface area is 128 Å². The van der Waals surface area contributed by atoms with Gasteiger partial charge in [0.15, 0.2) is 0 Å². The second kappa shape index (κ2) is 5.84. The van der Waals surface area contributed by atoms with Gasteiger partial charge in [-0.1, -0.05) is 22.0 Å². The Morgan fingerprint density at radius 1 is 1.50 bits per heavy atom. The minimum absolute atomic E-state index is 0.0617. The van der Waals surface area contributed by atoms with Crippen LogP contribution in [0, 0.1) is 0 Å². The summed E-state index contributed by atoms with van der Waals surface area (Å²) in [7, 11) is 1.72. The molecule has 4 nitrogen and oxygen atoms in total. The van der Waals surface area contributed by atoms with Crippen LogP contribution in [0.2, 0.25) is 0 Å². The molecule has 1 saturated heterocycles. The van der Waals surface area contributed by atoms with Crippen molar-refractivity contribution in [3.05, 3.63) is 33.8 Å². The highest BCUT2D eigenvalue weighted by Crippen LogP contribution is 2.38. The molecule has 0 saturated carbocycles. The Balaban J connectivity index is 1.87. The molecule has 0 radical (unpaired) electrons. The fourth-order valence-corrected chi connectivity index (χ4v) is 3.82. The van der Waals surface area contributed by atoms with Crippen molar-refractivity contribution >= 4 is 21.8 Å². The van der Waals surface area contributed by atoms with E-state index in [0.29, 0.717) is 6.04 Å². The van der Waals surface area contributed by atoms with Crippen LogP contribution in [-0.4, -0.2) is 43.5 Å². The van der Waals surface area contributed by atoms with Crippen LogP contribution < -0.4 is 10.6 Å². The predicted molar refractivity (Wildman–Crippen MR) is 82.6 cm³/mol. The van der Waals surface area contributed by atoms with E-state index in [4.69, 9.17) is 0 Å². The third-order valence-corrected chi connectivity index (χ3v) is 4.88. The van der Waals surface area contributed by atoms with Crippen LogP contribution in [0.1, 0.15) is 23.6 Å². The van der Waals surface area contributed by atoms with E-state index < -0.39 is 0 Å². The van der Waals surface area contributed by atoms with Gasteiger partial charge in [0.05, 0.1) is 0 Å². The molecule has 3 rings (SSSR count). The molecule has 1 aliphatic carbocycles. The van der Waals surface area contributed by atoms with Gasteiger partial charge in [-0.05, 0) is 36.1 Å². The zero-order valence-corrected chi connectivity index (χ0v) is 13.2. The summed E-state index contributed by atoms with van der Waals surface area (Å²) >= 11 is 3.54. The molecule has 1 aliphatic heterocycles. The highest BCUT2D eigenvalue weighted by Gasteiger charge is 2.36. The van der Waals surface area contributed by atoms with Gasteiger partial charge in [-0.25, -0.2) is 0 Å². The van der Waals surface area contributed by atoms with Crippen molar-refractivity contribution in [1.29, 1.82) is 0 Å². The summed E-state index contributed by atoms with van der Waals surface area (Å²) in [5.41, 5.74) is 2.81. The van der Waals surface area contributed by atoms with Gasteiger partial charge in [-0.3, -0.25) is 9.69 Å². The van der Waals surface area contributed by atoms with E-state index in [1.165, 1.54) is 11.1 Å². The number of carbonyl (C=O) groups is 1. The number of nitrogens with one attached hydrogen (secondary N) is 2. The van der Waals surface area contributed by atoms with Crippen LogP contribution in [0.25, 0.3) is 0 Å². The Morgan fingerprint density at radius 2 is 2.35 bits per heavy atom. The van der Waals surface area contributed by atoms with E-state index in [1.807, 2.05) is 0 Å². The lowest BCUT2D eigenvalue weighted by atomic mass is 10.0. The third kappa shape index (κ3) is 2.50. The number of amides is 1. The van der Waals surface area contributed by atoms with Crippen molar-refractivity contribution in [3.8, 4) is 0 Å². The van der Waals surface area contributed by atoms with E-state index in [2.05, 4.69) is 49.7 Å². The molecule has 2 N–H and O–H groups in total. The molecule has 1 fully saturated rings. The lowest BCUT2D eigenvalue weighted by Gasteiger charge is -2.39. The molecule has 2 aliphatic rings. The molecule has 2 atom stereocenters. The number of piperazine rings is 1. The molecule has 0 bridgehead atoms. The van der Waals surface area contributed by atoms with Gasteiger partial charge in [-0.2, -0.15) is 0 Å². The molecule has 20 heavy (non-hydrogen) atoms. The van der Waals surface area contributed by atoms with Gasteiger partial charge in [0.1, 0.15) is 6.04 Å². The van der Waals surface area contributed by atoms with Crippen LogP contribution in [-0.2, 0) is 11.2 Å².